The summed E-state index contributed by atoms with van der Waals surface area (Å²) in [5, 5.41) is 0. The van der Waals surface area contributed by atoms with Crippen LogP contribution in [0.2, 0.25) is 0 Å². The van der Waals surface area contributed by atoms with E-state index in [0.717, 1.165) is 11.1 Å². The Balaban J connectivity index is 0.000000201. The maximum absolute atomic E-state index is 13.2. The molecule has 68 heavy (non-hydrogen) atoms. The zero-order valence-corrected chi connectivity index (χ0v) is 38.6. The summed E-state index contributed by atoms with van der Waals surface area (Å²) in [6.45, 7) is 4.60. The topological polar surface area (TPSA) is 273 Å². The lowest BCUT2D eigenvalue weighted by Crippen LogP contribution is -2.40. The zero-order valence-electron chi connectivity index (χ0n) is 36.9. The summed E-state index contributed by atoms with van der Waals surface area (Å²) in [5.41, 5.74) is 2.38. The van der Waals surface area contributed by atoms with Gasteiger partial charge in [-0.25, -0.2) is 19.6 Å². The van der Waals surface area contributed by atoms with Crippen LogP contribution in [0.15, 0.2) is 128 Å². The first-order chi connectivity index (χ1) is 32.5. The maximum atomic E-state index is 13.2. The Morgan fingerprint density at radius 2 is 0.985 bits per heavy atom. The molecule has 0 atom stereocenters. The van der Waals surface area contributed by atoms with Crippen molar-refractivity contribution in [3.05, 3.63) is 185 Å². The maximum Gasteiger partial charge on any atom is 0.446 e. The first-order valence-electron chi connectivity index (χ1n) is 21.5. The number of hydrogen-bond donors (Lipinski definition) is 4. The molecule has 0 amide bonds. The number of benzene rings is 4. The molecule has 0 radical (unpaired) electrons. The van der Waals surface area contributed by atoms with E-state index in [2.05, 4.69) is 28.3 Å². The normalized spacial score (nSPS) is 11.7. The Bertz CT molecular complexity index is 3540. The third-order valence-electron chi connectivity index (χ3n) is 10.6. The standard InChI is InChI=1S/2C23H24N4O6S/c1-2-13-27-22(28)20-21(25-19(24-20)15-16-8-4-3-5-9-16)26(23(27)29)14-12-17-10-6-7-11-18(17)33-34(30,31)32;1-2-12-27-22(28)20-21(25-19(24-20)15-16-7-4-3-5-8-16)26(23(27)29)13-11-17-9-6-10-18(14-17)33-34(30,31)32/h3-11H,2,12-15H2,1H3,(H,24,25)(H,30,31,32);3-10,14H,2,11-13,15H2,1H3,(H,24,25)(H,30,31,32). The lowest BCUT2D eigenvalue weighted by Gasteiger charge is -2.12. The molecule has 0 unspecified atom stereocenters. The van der Waals surface area contributed by atoms with Crippen molar-refractivity contribution >= 4 is 43.1 Å². The fourth-order valence-electron chi connectivity index (χ4n) is 7.67. The second-order valence-corrected chi connectivity index (χ2v) is 17.7. The van der Waals surface area contributed by atoms with Crippen molar-refractivity contribution in [3.63, 3.8) is 0 Å². The van der Waals surface area contributed by atoms with Gasteiger partial charge in [-0.2, -0.15) is 16.8 Å². The van der Waals surface area contributed by atoms with Crippen LogP contribution >= 0.6 is 0 Å². The first kappa shape index (κ1) is 48.5. The molecule has 4 N–H and O–H groups in total. The molecule has 4 aromatic heterocycles. The van der Waals surface area contributed by atoms with Gasteiger partial charge >= 0.3 is 32.2 Å². The predicted octanol–water partition coefficient (Wildman–Crippen LogP) is 4.62. The summed E-state index contributed by atoms with van der Waals surface area (Å²) in [6.07, 6.45) is 2.68. The van der Waals surface area contributed by atoms with Crippen LogP contribution in [0, 0.1) is 0 Å². The summed E-state index contributed by atoms with van der Waals surface area (Å²) in [6, 6.07) is 31.8. The molecule has 0 aliphatic heterocycles. The fraction of sp³-hybridized carbons (Fsp3) is 0.261. The first-order valence-corrected chi connectivity index (χ1v) is 24.3. The van der Waals surface area contributed by atoms with Crippen LogP contribution in [0.3, 0.4) is 0 Å². The molecule has 0 aliphatic carbocycles. The van der Waals surface area contributed by atoms with Crippen molar-refractivity contribution < 1.29 is 34.3 Å². The zero-order chi connectivity index (χ0) is 48.6. The molecule has 0 fully saturated rings. The third-order valence-corrected chi connectivity index (χ3v) is 11.4. The molecule has 4 aromatic carbocycles. The smallest absolute Gasteiger partial charge is 0.362 e. The molecule has 8 aromatic rings. The number of nitrogens with one attached hydrogen (secondary N) is 2. The second-order valence-electron chi connectivity index (χ2n) is 15.6. The molecular weight excluding hydrogens is 921 g/mol. The van der Waals surface area contributed by atoms with Gasteiger partial charge in [-0.1, -0.05) is 105 Å². The molecule has 0 spiro atoms. The van der Waals surface area contributed by atoms with Crippen LogP contribution < -0.4 is 30.9 Å². The van der Waals surface area contributed by atoms with E-state index >= 15 is 0 Å². The summed E-state index contributed by atoms with van der Waals surface area (Å²) in [4.78, 5) is 67.7. The quantitative estimate of drug-likeness (QED) is 0.0855. The number of nitrogens with zero attached hydrogens (tertiary/aromatic N) is 6. The van der Waals surface area contributed by atoms with Crippen LogP contribution in [0.25, 0.3) is 22.3 Å². The van der Waals surface area contributed by atoms with Crippen LogP contribution in [0.5, 0.6) is 11.5 Å². The highest BCUT2D eigenvalue weighted by Crippen LogP contribution is 2.22. The van der Waals surface area contributed by atoms with E-state index in [-0.39, 0.29) is 66.4 Å². The van der Waals surface area contributed by atoms with Gasteiger partial charge < -0.3 is 18.3 Å². The Labute approximate surface area is 389 Å². The van der Waals surface area contributed by atoms with Gasteiger partial charge in [0.1, 0.15) is 34.2 Å². The molecular formula is C46H48N8O12S2. The van der Waals surface area contributed by atoms with Gasteiger partial charge in [-0.15, -0.1) is 0 Å². The highest BCUT2D eigenvalue weighted by Gasteiger charge is 2.20. The average Bonchev–Trinajstić information content (AvgIpc) is 3.92. The Kier molecular flexibility index (Phi) is 15.0. The molecule has 0 aliphatic rings. The number of aryl methyl sites for hydroxylation is 4. The molecule has 0 bridgehead atoms. The monoisotopic (exact) mass is 968 g/mol. The van der Waals surface area contributed by atoms with Crippen molar-refractivity contribution in [2.75, 3.05) is 0 Å². The van der Waals surface area contributed by atoms with Crippen molar-refractivity contribution in [3.8, 4) is 11.5 Å². The Morgan fingerprint density at radius 1 is 0.529 bits per heavy atom. The molecule has 356 valence electrons. The van der Waals surface area contributed by atoms with Crippen molar-refractivity contribution in [1.82, 2.24) is 38.2 Å². The molecule has 8 rings (SSSR count). The van der Waals surface area contributed by atoms with Crippen LogP contribution in [-0.2, 0) is 72.7 Å². The van der Waals surface area contributed by atoms with E-state index in [1.807, 2.05) is 74.5 Å². The van der Waals surface area contributed by atoms with E-state index in [1.165, 1.54) is 36.5 Å². The number of fused-ring (bicyclic) bond motifs is 2. The minimum absolute atomic E-state index is 0.0389. The van der Waals surface area contributed by atoms with Gasteiger partial charge in [0.2, 0.25) is 0 Å². The molecule has 0 saturated heterocycles. The van der Waals surface area contributed by atoms with Crippen LogP contribution in [0.1, 0.15) is 60.6 Å². The number of rotatable bonds is 18. The minimum Gasteiger partial charge on any atom is -0.362 e. The highest BCUT2D eigenvalue weighted by atomic mass is 32.3. The number of aromatic amines is 2. The Hall–Kier alpha value is -7.40. The molecule has 4 heterocycles. The van der Waals surface area contributed by atoms with E-state index in [1.54, 1.807) is 30.3 Å². The van der Waals surface area contributed by atoms with Gasteiger partial charge in [-0.3, -0.25) is 37.0 Å². The van der Waals surface area contributed by atoms with Gasteiger partial charge in [0.05, 0.1) is 0 Å². The second kappa shape index (κ2) is 21.1. The van der Waals surface area contributed by atoms with Gasteiger partial charge in [-0.05, 0) is 66.1 Å². The van der Waals surface area contributed by atoms with Crippen molar-refractivity contribution in [1.29, 1.82) is 0 Å². The summed E-state index contributed by atoms with van der Waals surface area (Å²) in [5.74, 6) is 1.04. The predicted molar refractivity (Wildman–Crippen MR) is 253 cm³/mol. The third kappa shape index (κ3) is 11.9. The van der Waals surface area contributed by atoms with Gasteiger partial charge in [0.15, 0.2) is 11.3 Å². The Morgan fingerprint density at radius 3 is 1.47 bits per heavy atom. The van der Waals surface area contributed by atoms with E-state index in [9.17, 15) is 36.0 Å². The fourth-order valence-corrected chi connectivity index (χ4v) is 8.41. The van der Waals surface area contributed by atoms with Gasteiger partial charge in [0, 0.05) is 39.0 Å². The minimum atomic E-state index is -4.70. The average molecular weight is 969 g/mol. The summed E-state index contributed by atoms with van der Waals surface area (Å²) >= 11 is 0. The van der Waals surface area contributed by atoms with Crippen molar-refractivity contribution in [2.45, 2.75) is 78.6 Å². The van der Waals surface area contributed by atoms with Crippen molar-refractivity contribution in [2.24, 2.45) is 0 Å². The van der Waals surface area contributed by atoms with E-state index in [4.69, 9.17) is 9.11 Å². The number of para-hydroxylation sites is 1. The summed E-state index contributed by atoms with van der Waals surface area (Å²) in [7, 11) is -9.35. The highest BCUT2D eigenvalue weighted by molar-refractivity contribution is 7.81. The van der Waals surface area contributed by atoms with Gasteiger partial charge in [0.25, 0.3) is 11.1 Å². The number of hydrogen-bond acceptors (Lipinski definition) is 12. The molecule has 22 heteroatoms. The largest absolute Gasteiger partial charge is 0.446 e. The van der Waals surface area contributed by atoms with E-state index in [0.29, 0.717) is 54.9 Å². The SMILES string of the molecule is CCCn1c(=O)c2[nH]c(Cc3ccccc3)nc2n(CCc2cccc(OS(=O)(=O)O)c2)c1=O.CCCn1c(=O)c2[nH]c(Cc3ccccc3)nc2n(CCc2ccccc2OS(=O)(=O)O)c1=O. The lowest BCUT2D eigenvalue weighted by atomic mass is 10.1. The molecule has 20 nitrogen and oxygen atoms in total. The van der Waals surface area contributed by atoms with Crippen LogP contribution in [0.4, 0.5) is 0 Å². The van der Waals surface area contributed by atoms with Crippen LogP contribution in [-0.4, -0.2) is 64.1 Å². The number of aromatic nitrogens is 8. The van der Waals surface area contributed by atoms with E-state index < -0.39 is 43.3 Å². The molecule has 0 saturated carbocycles. The summed E-state index contributed by atoms with van der Waals surface area (Å²) < 4.78 is 76.7. The number of H-pyrrole nitrogens is 2. The number of imidazole rings is 2. The lowest BCUT2D eigenvalue weighted by molar-refractivity contribution is 0.383.